The molecule has 5 heteroatoms. The average molecular weight is 384 g/mol. The summed E-state index contributed by atoms with van der Waals surface area (Å²) in [6.45, 7) is 6.46. The number of hydrogen-bond donors (Lipinski definition) is 4. The van der Waals surface area contributed by atoms with E-state index in [1.807, 2.05) is 12.1 Å². The number of anilines is 1. The molecule has 0 aromatic heterocycles. The molecule has 0 bridgehead atoms. The number of phenols is 1. The zero-order valence-electron chi connectivity index (χ0n) is 17.4. The summed E-state index contributed by atoms with van der Waals surface area (Å²) in [6.07, 6.45) is 4.46. The van der Waals surface area contributed by atoms with Crippen molar-refractivity contribution in [3.63, 3.8) is 0 Å². The lowest BCUT2D eigenvalue weighted by atomic mass is 9.97. The van der Waals surface area contributed by atoms with Crippen molar-refractivity contribution in [1.29, 1.82) is 0 Å². The fourth-order valence-corrected chi connectivity index (χ4v) is 3.25. The first-order chi connectivity index (χ1) is 13.4. The van der Waals surface area contributed by atoms with Crippen molar-refractivity contribution in [2.24, 2.45) is 0 Å². The van der Waals surface area contributed by atoms with Gasteiger partial charge in [0.25, 0.3) is 0 Å². The third kappa shape index (κ3) is 6.27. The van der Waals surface area contributed by atoms with Crippen LogP contribution in [0.15, 0.2) is 42.5 Å². The fourth-order valence-electron chi connectivity index (χ4n) is 3.25. The van der Waals surface area contributed by atoms with E-state index in [-0.39, 0.29) is 23.9 Å². The Labute approximate surface area is 168 Å². The van der Waals surface area contributed by atoms with Gasteiger partial charge < -0.3 is 21.1 Å². The van der Waals surface area contributed by atoms with Crippen LogP contribution in [0.25, 0.3) is 0 Å². The second-order valence-electron chi connectivity index (χ2n) is 7.33. The maximum atomic E-state index is 11.7. The number of aryl methyl sites for hydroxylation is 1. The summed E-state index contributed by atoms with van der Waals surface area (Å²) in [5.74, 6) is 0.0613. The molecule has 0 saturated carbocycles. The number of urea groups is 1. The maximum absolute atomic E-state index is 11.7. The molecule has 2 aromatic carbocycles. The molecular formula is C23H33N3O2. The molecule has 0 saturated heterocycles. The zero-order valence-corrected chi connectivity index (χ0v) is 17.4. The summed E-state index contributed by atoms with van der Waals surface area (Å²) in [5, 5.41) is 19.0. The van der Waals surface area contributed by atoms with Crippen molar-refractivity contribution in [3.05, 3.63) is 59.2 Å². The number of amides is 2. The third-order valence-electron chi connectivity index (χ3n) is 5.02. The van der Waals surface area contributed by atoms with Crippen LogP contribution >= 0.6 is 0 Å². The monoisotopic (exact) mass is 383 g/mol. The Kier molecular flexibility index (Phi) is 8.33. The fraction of sp³-hybridized carbons (Fsp3) is 0.435. The largest absolute Gasteiger partial charge is 0.506 e. The molecule has 0 spiro atoms. The van der Waals surface area contributed by atoms with E-state index in [1.54, 1.807) is 13.1 Å². The van der Waals surface area contributed by atoms with Crippen molar-refractivity contribution in [2.75, 3.05) is 12.4 Å². The summed E-state index contributed by atoms with van der Waals surface area (Å²) in [5.41, 5.74) is 3.97. The molecule has 28 heavy (non-hydrogen) atoms. The molecule has 2 rings (SSSR count). The number of hydrogen-bond acceptors (Lipinski definition) is 3. The van der Waals surface area contributed by atoms with E-state index in [4.69, 9.17) is 0 Å². The highest BCUT2D eigenvalue weighted by Gasteiger charge is 2.17. The van der Waals surface area contributed by atoms with Gasteiger partial charge in [0.1, 0.15) is 5.75 Å². The Morgan fingerprint density at radius 3 is 2.39 bits per heavy atom. The highest BCUT2D eigenvalue weighted by atomic mass is 16.3. The lowest BCUT2D eigenvalue weighted by Gasteiger charge is -2.25. The third-order valence-corrected chi connectivity index (χ3v) is 5.02. The van der Waals surface area contributed by atoms with Crippen LogP contribution in [0.4, 0.5) is 10.5 Å². The summed E-state index contributed by atoms with van der Waals surface area (Å²) in [6, 6.07) is 14.0. The van der Waals surface area contributed by atoms with E-state index in [0.29, 0.717) is 5.69 Å². The van der Waals surface area contributed by atoms with Gasteiger partial charge >= 0.3 is 6.03 Å². The number of aromatic hydroxyl groups is 1. The van der Waals surface area contributed by atoms with Crippen molar-refractivity contribution in [2.45, 2.75) is 58.5 Å². The van der Waals surface area contributed by atoms with Crippen LogP contribution in [0.2, 0.25) is 0 Å². The van der Waals surface area contributed by atoms with Gasteiger partial charge in [0.05, 0.1) is 5.69 Å². The molecule has 152 valence electrons. The number of carbonyl (C=O) groups is 1. The molecule has 0 heterocycles. The summed E-state index contributed by atoms with van der Waals surface area (Å²) < 4.78 is 0. The van der Waals surface area contributed by atoms with Gasteiger partial charge in [-0.2, -0.15) is 0 Å². The van der Waals surface area contributed by atoms with Gasteiger partial charge in [-0.05, 0) is 43.5 Å². The smallest absolute Gasteiger partial charge is 0.319 e. The van der Waals surface area contributed by atoms with Crippen molar-refractivity contribution < 1.29 is 9.90 Å². The second-order valence-corrected chi connectivity index (χ2v) is 7.33. The van der Waals surface area contributed by atoms with Crippen molar-refractivity contribution in [1.82, 2.24) is 10.6 Å². The molecule has 5 nitrogen and oxygen atoms in total. The first-order valence-electron chi connectivity index (χ1n) is 10.1. The molecule has 4 N–H and O–H groups in total. The topological polar surface area (TPSA) is 73.4 Å². The van der Waals surface area contributed by atoms with E-state index >= 15 is 0 Å². The van der Waals surface area contributed by atoms with Gasteiger partial charge in [0.15, 0.2) is 0 Å². The SMILES string of the molecule is CCCCCC(NC(C)c1ccc(C)cc1)c1ccc(O)c(NC(=O)NC)c1. The molecule has 0 aliphatic heterocycles. The minimum Gasteiger partial charge on any atom is -0.506 e. The summed E-state index contributed by atoms with van der Waals surface area (Å²) in [7, 11) is 1.55. The summed E-state index contributed by atoms with van der Waals surface area (Å²) in [4.78, 5) is 11.7. The van der Waals surface area contributed by atoms with Crippen LogP contribution in [0.1, 0.15) is 68.3 Å². The van der Waals surface area contributed by atoms with Gasteiger partial charge in [-0.1, -0.05) is 62.1 Å². The molecular weight excluding hydrogens is 350 g/mol. The van der Waals surface area contributed by atoms with E-state index in [1.165, 1.54) is 24.0 Å². The van der Waals surface area contributed by atoms with Gasteiger partial charge in [-0.3, -0.25) is 0 Å². The number of rotatable bonds is 9. The van der Waals surface area contributed by atoms with Crippen molar-refractivity contribution in [3.8, 4) is 5.75 Å². The van der Waals surface area contributed by atoms with Gasteiger partial charge in [-0.15, -0.1) is 0 Å². The van der Waals surface area contributed by atoms with Crippen LogP contribution < -0.4 is 16.0 Å². The Bertz CT molecular complexity index is 759. The van der Waals surface area contributed by atoms with Crippen LogP contribution in [-0.4, -0.2) is 18.2 Å². The Hall–Kier alpha value is -2.53. The number of carbonyl (C=O) groups excluding carboxylic acids is 1. The summed E-state index contributed by atoms with van der Waals surface area (Å²) >= 11 is 0. The highest BCUT2D eigenvalue weighted by molar-refractivity contribution is 5.90. The molecule has 2 aromatic rings. The zero-order chi connectivity index (χ0) is 20.5. The standard InChI is InChI=1S/C23H33N3O2/c1-5-6-7-8-20(25-17(3)18-11-9-16(2)10-12-18)19-13-14-22(27)21(15-19)26-23(28)24-4/h9-15,17,20,25,27H,5-8H2,1-4H3,(H2,24,26,28). The lowest BCUT2D eigenvalue weighted by Crippen LogP contribution is -2.26. The van der Waals surface area contributed by atoms with Crippen LogP contribution in [0.5, 0.6) is 5.75 Å². The second kappa shape index (κ2) is 10.7. The minimum absolute atomic E-state index is 0.0613. The van der Waals surface area contributed by atoms with Crippen molar-refractivity contribution >= 4 is 11.7 Å². The molecule has 2 amide bonds. The predicted molar refractivity (Wildman–Crippen MR) is 116 cm³/mol. The Morgan fingerprint density at radius 2 is 1.75 bits per heavy atom. The van der Waals surface area contributed by atoms with Crippen LogP contribution in [-0.2, 0) is 0 Å². The number of phenolic OH excluding ortho intramolecular Hbond substituents is 1. The average Bonchev–Trinajstić information content (AvgIpc) is 2.69. The quantitative estimate of drug-likeness (QED) is 0.345. The number of nitrogens with one attached hydrogen (secondary N) is 3. The number of unbranched alkanes of at least 4 members (excludes halogenated alkanes) is 2. The molecule has 0 radical (unpaired) electrons. The van der Waals surface area contributed by atoms with E-state index in [9.17, 15) is 9.90 Å². The van der Waals surface area contributed by atoms with Gasteiger partial charge in [0.2, 0.25) is 0 Å². The predicted octanol–water partition coefficient (Wildman–Crippen LogP) is 5.42. The Balaban J connectivity index is 2.22. The first-order valence-corrected chi connectivity index (χ1v) is 10.1. The van der Waals surface area contributed by atoms with Crippen LogP contribution in [0.3, 0.4) is 0 Å². The Morgan fingerprint density at radius 1 is 1.07 bits per heavy atom. The van der Waals surface area contributed by atoms with E-state index in [0.717, 1.165) is 18.4 Å². The first kappa shape index (κ1) is 21.8. The molecule has 0 fully saturated rings. The molecule has 0 aliphatic carbocycles. The van der Waals surface area contributed by atoms with E-state index in [2.05, 4.69) is 61.0 Å². The maximum Gasteiger partial charge on any atom is 0.319 e. The highest BCUT2D eigenvalue weighted by Crippen LogP contribution is 2.31. The lowest BCUT2D eigenvalue weighted by molar-refractivity contribution is 0.254. The van der Waals surface area contributed by atoms with E-state index < -0.39 is 0 Å². The van der Waals surface area contributed by atoms with Gasteiger partial charge in [0, 0.05) is 19.1 Å². The molecule has 2 unspecified atom stereocenters. The number of benzene rings is 2. The molecule has 0 aliphatic rings. The van der Waals surface area contributed by atoms with Crippen LogP contribution in [0, 0.1) is 6.92 Å². The molecule has 2 atom stereocenters. The van der Waals surface area contributed by atoms with Gasteiger partial charge in [-0.25, -0.2) is 4.79 Å². The normalized spacial score (nSPS) is 13.0. The minimum atomic E-state index is -0.351.